The van der Waals surface area contributed by atoms with Crippen LogP contribution in [-0.4, -0.2) is 22.6 Å². The minimum absolute atomic E-state index is 0.0355. The van der Waals surface area contributed by atoms with Crippen LogP contribution in [0.3, 0.4) is 0 Å². The first-order valence-corrected chi connectivity index (χ1v) is 6.93. The molecule has 0 radical (unpaired) electrons. The molecule has 2 aromatic rings. The summed E-state index contributed by atoms with van der Waals surface area (Å²) >= 11 is 0. The van der Waals surface area contributed by atoms with Crippen LogP contribution < -0.4 is 15.8 Å². The van der Waals surface area contributed by atoms with Crippen molar-refractivity contribution in [2.75, 3.05) is 18.0 Å². The zero-order chi connectivity index (χ0) is 13.9. The molecule has 1 aromatic carbocycles. The molecular weight excluding hydrogens is 252 g/mol. The van der Waals surface area contributed by atoms with Gasteiger partial charge < -0.3 is 14.8 Å². The van der Waals surface area contributed by atoms with Crippen molar-refractivity contribution in [1.82, 2.24) is 14.9 Å². The summed E-state index contributed by atoms with van der Waals surface area (Å²) in [5.41, 5.74) is 2.22. The zero-order valence-electron chi connectivity index (χ0n) is 11.5. The number of anilines is 2. The Morgan fingerprint density at radius 1 is 1.35 bits per heavy atom. The SMILES string of the molecule is CCn1ccnc(N2CCNCc3ccccc32)c1=O. The van der Waals surface area contributed by atoms with Crippen LogP contribution in [0.4, 0.5) is 11.5 Å². The zero-order valence-corrected chi connectivity index (χ0v) is 11.5. The number of nitrogens with zero attached hydrogens (tertiary/aromatic N) is 3. The lowest BCUT2D eigenvalue weighted by Gasteiger charge is -2.23. The van der Waals surface area contributed by atoms with Crippen LogP contribution in [0.25, 0.3) is 0 Å². The smallest absolute Gasteiger partial charge is 0.293 e. The van der Waals surface area contributed by atoms with Gasteiger partial charge in [-0.3, -0.25) is 4.79 Å². The van der Waals surface area contributed by atoms with Gasteiger partial charge in [0.05, 0.1) is 0 Å². The van der Waals surface area contributed by atoms with E-state index in [1.165, 1.54) is 5.56 Å². The Morgan fingerprint density at radius 3 is 3.05 bits per heavy atom. The molecule has 20 heavy (non-hydrogen) atoms. The predicted octanol–water partition coefficient (Wildman–Crippen LogP) is 1.50. The molecule has 0 fully saturated rings. The second-order valence-corrected chi connectivity index (χ2v) is 4.80. The summed E-state index contributed by atoms with van der Waals surface area (Å²) in [5, 5.41) is 3.37. The van der Waals surface area contributed by atoms with E-state index in [1.54, 1.807) is 17.0 Å². The molecule has 0 saturated carbocycles. The molecule has 3 rings (SSSR count). The van der Waals surface area contributed by atoms with Crippen LogP contribution in [0.5, 0.6) is 0 Å². The second-order valence-electron chi connectivity index (χ2n) is 4.80. The van der Waals surface area contributed by atoms with Gasteiger partial charge in [-0.2, -0.15) is 0 Å². The molecule has 0 aliphatic carbocycles. The summed E-state index contributed by atoms with van der Waals surface area (Å²) in [4.78, 5) is 18.8. The van der Waals surface area contributed by atoms with Crippen LogP contribution in [0.1, 0.15) is 12.5 Å². The van der Waals surface area contributed by atoms with E-state index in [0.717, 1.165) is 25.3 Å². The number of nitrogens with one attached hydrogen (secondary N) is 1. The van der Waals surface area contributed by atoms with E-state index in [2.05, 4.69) is 16.4 Å². The molecule has 5 nitrogen and oxygen atoms in total. The van der Waals surface area contributed by atoms with E-state index in [9.17, 15) is 4.79 Å². The van der Waals surface area contributed by atoms with E-state index in [0.29, 0.717) is 12.4 Å². The monoisotopic (exact) mass is 270 g/mol. The van der Waals surface area contributed by atoms with Crippen LogP contribution in [0.2, 0.25) is 0 Å². The molecule has 1 N–H and O–H groups in total. The number of rotatable bonds is 2. The largest absolute Gasteiger partial charge is 0.320 e. The van der Waals surface area contributed by atoms with E-state index >= 15 is 0 Å². The van der Waals surface area contributed by atoms with Crippen LogP contribution >= 0.6 is 0 Å². The highest BCUT2D eigenvalue weighted by atomic mass is 16.1. The maximum Gasteiger partial charge on any atom is 0.293 e. The third kappa shape index (κ3) is 2.20. The molecule has 0 saturated heterocycles. The van der Waals surface area contributed by atoms with Gasteiger partial charge in [-0.15, -0.1) is 0 Å². The summed E-state index contributed by atoms with van der Waals surface area (Å²) in [5.74, 6) is 0.505. The fourth-order valence-corrected chi connectivity index (χ4v) is 2.55. The van der Waals surface area contributed by atoms with Crippen LogP contribution in [0.15, 0.2) is 41.5 Å². The topological polar surface area (TPSA) is 50.2 Å². The number of aromatic nitrogens is 2. The standard InChI is InChI=1S/C15H18N4O/c1-2-18-9-8-17-14(15(18)20)19-10-7-16-11-12-5-3-4-6-13(12)19/h3-6,8-9,16H,2,7,10-11H2,1H3. The summed E-state index contributed by atoms with van der Waals surface area (Å²) in [6.45, 7) is 5.01. The maximum atomic E-state index is 12.5. The Morgan fingerprint density at radius 2 is 2.20 bits per heavy atom. The van der Waals surface area contributed by atoms with Gasteiger partial charge in [-0.05, 0) is 18.6 Å². The van der Waals surface area contributed by atoms with Gasteiger partial charge in [0.1, 0.15) is 0 Å². The van der Waals surface area contributed by atoms with Crippen molar-refractivity contribution in [2.45, 2.75) is 20.0 Å². The molecular formula is C15H18N4O. The molecule has 1 aromatic heterocycles. The third-order valence-corrected chi connectivity index (χ3v) is 3.60. The minimum atomic E-state index is -0.0355. The predicted molar refractivity (Wildman–Crippen MR) is 79.3 cm³/mol. The summed E-state index contributed by atoms with van der Waals surface area (Å²) in [6, 6.07) is 8.15. The minimum Gasteiger partial charge on any atom is -0.320 e. The lowest BCUT2D eigenvalue weighted by Crippen LogP contribution is -2.32. The molecule has 2 heterocycles. The molecule has 1 aliphatic rings. The highest BCUT2D eigenvalue weighted by Gasteiger charge is 2.20. The number of hydrogen-bond acceptors (Lipinski definition) is 4. The lowest BCUT2D eigenvalue weighted by molar-refractivity contribution is 0.695. The van der Waals surface area contributed by atoms with Crippen molar-refractivity contribution in [3.05, 3.63) is 52.6 Å². The number of para-hydroxylation sites is 1. The van der Waals surface area contributed by atoms with Gasteiger partial charge in [0.15, 0.2) is 5.82 Å². The number of fused-ring (bicyclic) bond motifs is 1. The molecule has 0 amide bonds. The molecule has 104 valence electrons. The molecule has 0 atom stereocenters. The Labute approximate surface area is 117 Å². The molecule has 0 bridgehead atoms. The molecule has 0 spiro atoms. The first-order chi connectivity index (χ1) is 9.81. The van der Waals surface area contributed by atoms with Gasteiger partial charge >= 0.3 is 0 Å². The van der Waals surface area contributed by atoms with Crippen molar-refractivity contribution >= 4 is 11.5 Å². The Bertz CT molecular complexity index is 665. The van der Waals surface area contributed by atoms with E-state index in [-0.39, 0.29) is 5.56 Å². The number of hydrogen-bond donors (Lipinski definition) is 1. The van der Waals surface area contributed by atoms with Crippen molar-refractivity contribution in [3.63, 3.8) is 0 Å². The quantitative estimate of drug-likeness (QED) is 0.898. The Balaban J connectivity index is 2.13. The van der Waals surface area contributed by atoms with Crippen molar-refractivity contribution in [2.24, 2.45) is 0 Å². The fourth-order valence-electron chi connectivity index (χ4n) is 2.55. The fraction of sp³-hybridized carbons (Fsp3) is 0.333. The van der Waals surface area contributed by atoms with Crippen LogP contribution in [0, 0.1) is 0 Å². The highest BCUT2D eigenvalue weighted by Crippen LogP contribution is 2.26. The van der Waals surface area contributed by atoms with Crippen LogP contribution in [-0.2, 0) is 13.1 Å². The van der Waals surface area contributed by atoms with Gasteiger partial charge in [0.25, 0.3) is 5.56 Å². The van der Waals surface area contributed by atoms with E-state index in [1.807, 2.05) is 30.0 Å². The summed E-state index contributed by atoms with van der Waals surface area (Å²) in [7, 11) is 0. The third-order valence-electron chi connectivity index (χ3n) is 3.60. The van der Waals surface area contributed by atoms with Crippen molar-refractivity contribution in [1.29, 1.82) is 0 Å². The van der Waals surface area contributed by atoms with Crippen molar-refractivity contribution in [3.8, 4) is 0 Å². The molecule has 0 unspecified atom stereocenters. The lowest BCUT2D eigenvalue weighted by atomic mass is 10.1. The number of aryl methyl sites for hydroxylation is 1. The molecule has 5 heteroatoms. The van der Waals surface area contributed by atoms with E-state index < -0.39 is 0 Å². The van der Waals surface area contributed by atoms with Gasteiger partial charge in [0.2, 0.25) is 0 Å². The Hall–Kier alpha value is -2.14. The summed E-state index contributed by atoms with van der Waals surface area (Å²) < 4.78 is 1.68. The van der Waals surface area contributed by atoms with Gasteiger partial charge in [-0.25, -0.2) is 4.98 Å². The van der Waals surface area contributed by atoms with E-state index in [4.69, 9.17) is 0 Å². The average molecular weight is 270 g/mol. The maximum absolute atomic E-state index is 12.5. The Kier molecular flexibility index (Phi) is 3.52. The number of benzene rings is 1. The first kappa shape index (κ1) is 12.9. The van der Waals surface area contributed by atoms with Crippen molar-refractivity contribution < 1.29 is 0 Å². The first-order valence-electron chi connectivity index (χ1n) is 6.93. The normalized spacial score (nSPS) is 14.8. The second kappa shape index (κ2) is 5.46. The highest BCUT2D eigenvalue weighted by molar-refractivity contribution is 5.63. The average Bonchev–Trinajstić information content (AvgIpc) is 2.70. The van der Waals surface area contributed by atoms with Gasteiger partial charge in [-0.1, -0.05) is 18.2 Å². The molecule has 1 aliphatic heterocycles. The van der Waals surface area contributed by atoms with Gasteiger partial charge in [0, 0.05) is 44.3 Å². The summed E-state index contributed by atoms with van der Waals surface area (Å²) in [6.07, 6.45) is 3.43.